The minimum Gasteiger partial charge on any atom is -0.314 e. The van der Waals surface area contributed by atoms with E-state index in [2.05, 4.69) is 10.2 Å². The van der Waals surface area contributed by atoms with Gasteiger partial charge in [-0.15, -0.1) is 0 Å². The topological polar surface area (TPSA) is 15.3 Å². The van der Waals surface area contributed by atoms with Crippen LogP contribution in [0, 0.1) is 0 Å². The van der Waals surface area contributed by atoms with Gasteiger partial charge in [-0.3, -0.25) is 4.90 Å². The minimum absolute atomic E-state index is 0.0219. The number of benzene rings is 1. The Morgan fingerprint density at radius 2 is 1.87 bits per heavy atom. The first-order valence-electron chi connectivity index (χ1n) is 7.36. The third-order valence-electron chi connectivity index (χ3n) is 3.81. The number of rotatable bonds is 4. The van der Waals surface area contributed by atoms with Gasteiger partial charge in [-0.2, -0.15) is 24.5 Å². The second-order valence-electron chi connectivity index (χ2n) is 5.33. The molecule has 1 saturated heterocycles. The van der Waals surface area contributed by atoms with Gasteiger partial charge >= 0.3 is 5.51 Å². The summed E-state index contributed by atoms with van der Waals surface area (Å²) < 4.78 is 38.7. The van der Waals surface area contributed by atoms with Crippen LogP contribution in [0.2, 0.25) is 0 Å². The van der Waals surface area contributed by atoms with Crippen LogP contribution in [0.15, 0.2) is 46.0 Å². The molecule has 0 unspecified atom stereocenters. The maximum absolute atomic E-state index is 12.9. The molecule has 0 bridgehead atoms. The molecule has 0 radical (unpaired) electrons. The molecule has 1 aromatic carbocycles. The van der Waals surface area contributed by atoms with Crippen LogP contribution in [0.5, 0.6) is 0 Å². The molecule has 1 atom stereocenters. The van der Waals surface area contributed by atoms with Crippen molar-refractivity contribution in [1.82, 2.24) is 10.2 Å². The van der Waals surface area contributed by atoms with Crippen molar-refractivity contribution in [3.05, 3.63) is 52.2 Å². The zero-order valence-electron chi connectivity index (χ0n) is 12.3. The standard InChI is InChI=1S/C16H17F3N2S2/c17-16(18,19)23-14-4-2-1-3-13(14)15(12-5-10-22-11-12)21-8-6-20-7-9-21/h1-5,10-11,15,20H,6-9H2/t15-/m0/s1. The quantitative estimate of drug-likeness (QED) is 0.818. The molecule has 7 heteroatoms. The predicted octanol–water partition coefficient (Wildman–Crippen LogP) is 4.35. The summed E-state index contributed by atoms with van der Waals surface area (Å²) in [7, 11) is 0. The lowest BCUT2D eigenvalue weighted by molar-refractivity contribution is -0.0328. The lowest BCUT2D eigenvalue weighted by atomic mass is 9.99. The van der Waals surface area contributed by atoms with Crippen LogP contribution in [-0.4, -0.2) is 36.6 Å². The van der Waals surface area contributed by atoms with Gasteiger partial charge in [0.1, 0.15) is 0 Å². The van der Waals surface area contributed by atoms with Crippen LogP contribution in [0.4, 0.5) is 13.2 Å². The molecule has 1 fully saturated rings. The second-order valence-corrected chi connectivity index (χ2v) is 7.22. The molecule has 1 aromatic heterocycles. The number of nitrogens with one attached hydrogen (secondary N) is 1. The molecule has 1 aliphatic rings. The van der Waals surface area contributed by atoms with E-state index in [9.17, 15) is 13.2 Å². The lowest BCUT2D eigenvalue weighted by Crippen LogP contribution is -2.45. The molecule has 1 aliphatic heterocycles. The molecule has 23 heavy (non-hydrogen) atoms. The summed E-state index contributed by atoms with van der Waals surface area (Å²) >= 11 is 1.55. The molecule has 2 nitrogen and oxygen atoms in total. The highest BCUT2D eigenvalue weighted by atomic mass is 32.2. The number of halogens is 3. The SMILES string of the molecule is FC(F)(F)Sc1ccccc1[C@H](c1ccsc1)N1CCNCC1. The first-order chi connectivity index (χ1) is 11.0. The van der Waals surface area contributed by atoms with E-state index in [0.29, 0.717) is 0 Å². The molecular weight excluding hydrogens is 341 g/mol. The van der Waals surface area contributed by atoms with E-state index in [4.69, 9.17) is 0 Å². The second kappa shape index (κ2) is 7.25. The van der Waals surface area contributed by atoms with Gasteiger partial charge in [0, 0.05) is 31.1 Å². The Kier molecular flexibility index (Phi) is 5.31. The molecule has 3 rings (SSSR count). The van der Waals surface area contributed by atoms with E-state index < -0.39 is 5.51 Å². The third-order valence-corrected chi connectivity index (χ3v) is 5.34. The van der Waals surface area contributed by atoms with E-state index in [1.54, 1.807) is 23.5 Å². The normalized spacial score (nSPS) is 18.0. The molecule has 0 saturated carbocycles. The molecular formula is C16H17F3N2S2. The molecule has 0 amide bonds. The smallest absolute Gasteiger partial charge is 0.314 e. The number of hydrogen-bond donors (Lipinski definition) is 1. The van der Waals surface area contributed by atoms with Crippen molar-refractivity contribution in [2.24, 2.45) is 0 Å². The van der Waals surface area contributed by atoms with E-state index >= 15 is 0 Å². The highest BCUT2D eigenvalue weighted by Crippen LogP contribution is 2.42. The Bertz CT molecular complexity index is 623. The molecule has 124 valence electrons. The first-order valence-corrected chi connectivity index (χ1v) is 9.12. The van der Waals surface area contributed by atoms with Crippen molar-refractivity contribution < 1.29 is 13.2 Å². The van der Waals surface area contributed by atoms with Gasteiger partial charge in [-0.25, -0.2) is 0 Å². The third kappa shape index (κ3) is 4.29. The number of hydrogen-bond acceptors (Lipinski definition) is 4. The first kappa shape index (κ1) is 16.8. The van der Waals surface area contributed by atoms with Gasteiger partial charge in [-0.1, -0.05) is 18.2 Å². The Morgan fingerprint density at radius 1 is 1.13 bits per heavy atom. The van der Waals surface area contributed by atoms with Crippen LogP contribution < -0.4 is 5.32 Å². The number of nitrogens with zero attached hydrogens (tertiary/aromatic N) is 1. The van der Waals surface area contributed by atoms with Crippen LogP contribution in [0.3, 0.4) is 0 Å². The molecule has 0 aliphatic carbocycles. The number of thioether (sulfide) groups is 1. The van der Waals surface area contributed by atoms with E-state index in [-0.39, 0.29) is 22.7 Å². The van der Waals surface area contributed by atoms with Crippen molar-refractivity contribution in [2.75, 3.05) is 26.2 Å². The van der Waals surface area contributed by atoms with Crippen molar-refractivity contribution in [2.45, 2.75) is 16.4 Å². The van der Waals surface area contributed by atoms with Gasteiger partial charge in [-0.05, 0) is 45.8 Å². The summed E-state index contributed by atoms with van der Waals surface area (Å²) in [6.45, 7) is 3.36. The summed E-state index contributed by atoms with van der Waals surface area (Å²) in [4.78, 5) is 2.55. The van der Waals surface area contributed by atoms with Crippen molar-refractivity contribution >= 4 is 23.1 Å². The Morgan fingerprint density at radius 3 is 2.52 bits per heavy atom. The van der Waals surface area contributed by atoms with Crippen LogP contribution in [0.1, 0.15) is 17.2 Å². The van der Waals surface area contributed by atoms with Gasteiger partial charge in [0.05, 0.1) is 6.04 Å². The maximum Gasteiger partial charge on any atom is 0.446 e. The molecule has 1 N–H and O–H groups in total. The average molecular weight is 358 g/mol. The van der Waals surface area contributed by atoms with Gasteiger partial charge < -0.3 is 5.32 Å². The number of thiophene rings is 1. The summed E-state index contributed by atoms with van der Waals surface area (Å²) in [5, 5.41) is 7.30. The Balaban J connectivity index is 2.00. The van der Waals surface area contributed by atoms with Crippen LogP contribution in [-0.2, 0) is 0 Å². The maximum atomic E-state index is 12.9. The van der Waals surface area contributed by atoms with Gasteiger partial charge in [0.15, 0.2) is 0 Å². The zero-order valence-corrected chi connectivity index (χ0v) is 14.0. The molecule has 2 aromatic rings. The number of alkyl halides is 3. The van der Waals surface area contributed by atoms with Crippen molar-refractivity contribution in [1.29, 1.82) is 0 Å². The fourth-order valence-electron chi connectivity index (χ4n) is 2.88. The van der Waals surface area contributed by atoms with Crippen molar-refractivity contribution in [3.63, 3.8) is 0 Å². The zero-order chi connectivity index (χ0) is 16.3. The van der Waals surface area contributed by atoms with Crippen LogP contribution >= 0.6 is 23.1 Å². The van der Waals surface area contributed by atoms with E-state index in [1.165, 1.54) is 0 Å². The molecule has 0 spiro atoms. The van der Waals surface area contributed by atoms with E-state index in [0.717, 1.165) is 37.3 Å². The average Bonchev–Trinajstić information content (AvgIpc) is 3.03. The van der Waals surface area contributed by atoms with Gasteiger partial charge in [0.25, 0.3) is 0 Å². The van der Waals surface area contributed by atoms with Crippen molar-refractivity contribution in [3.8, 4) is 0 Å². The highest BCUT2D eigenvalue weighted by molar-refractivity contribution is 8.00. The largest absolute Gasteiger partial charge is 0.446 e. The van der Waals surface area contributed by atoms with Crippen LogP contribution in [0.25, 0.3) is 0 Å². The summed E-state index contributed by atoms with van der Waals surface area (Å²) in [5.41, 5.74) is -2.49. The fourth-order valence-corrected chi connectivity index (χ4v) is 4.25. The number of piperazine rings is 1. The fraction of sp³-hybridized carbons (Fsp3) is 0.375. The molecule has 2 heterocycles. The Hall–Kier alpha value is -1.02. The predicted molar refractivity (Wildman–Crippen MR) is 89.0 cm³/mol. The highest BCUT2D eigenvalue weighted by Gasteiger charge is 2.33. The monoisotopic (exact) mass is 358 g/mol. The summed E-state index contributed by atoms with van der Waals surface area (Å²) in [5.74, 6) is 0. The summed E-state index contributed by atoms with van der Waals surface area (Å²) in [6, 6.07) is 8.74. The lowest BCUT2D eigenvalue weighted by Gasteiger charge is -2.36. The minimum atomic E-state index is -4.28. The summed E-state index contributed by atoms with van der Waals surface area (Å²) in [6.07, 6.45) is 0. The van der Waals surface area contributed by atoms with E-state index in [1.807, 2.05) is 29.0 Å². The Labute approximate surface area is 141 Å². The van der Waals surface area contributed by atoms with Gasteiger partial charge in [0.2, 0.25) is 0 Å².